The third-order valence-electron chi connectivity index (χ3n) is 4.37. The molecule has 8 nitrogen and oxygen atoms in total. The molecule has 0 bridgehead atoms. The van der Waals surface area contributed by atoms with E-state index in [1.807, 2.05) is 39.0 Å². The number of rotatable bonds is 2. The van der Waals surface area contributed by atoms with Gasteiger partial charge in [0.05, 0.1) is 6.04 Å². The normalized spacial score (nSPS) is 17.2. The second-order valence-corrected chi connectivity index (χ2v) is 8.44. The number of halogens is 1. The number of hydrogen-bond acceptors (Lipinski definition) is 5. The molecule has 1 aromatic carbocycles. The van der Waals surface area contributed by atoms with E-state index in [0.717, 1.165) is 15.6 Å². The van der Waals surface area contributed by atoms with Crippen LogP contribution in [-0.4, -0.2) is 38.7 Å². The molecule has 0 fully saturated rings. The van der Waals surface area contributed by atoms with Gasteiger partial charge in [0.1, 0.15) is 0 Å². The van der Waals surface area contributed by atoms with Gasteiger partial charge in [0.15, 0.2) is 0 Å². The Morgan fingerprint density at radius 3 is 2.70 bits per heavy atom. The van der Waals surface area contributed by atoms with Crippen LogP contribution in [0.1, 0.15) is 60.9 Å². The van der Waals surface area contributed by atoms with Gasteiger partial charge in [-0.2, -0.15) is 0 Å². The van der Waals surface area contributed by atoms with Crippen LogP contribution in [-0.2, 0) is 12.0 Å². The van der Waals surface area contributed by atoms with Crippen LogP contribution < -0.4 is 5.32 Å². The largest absolute Gasteiger partial charge is 0.465 e. The zero-order valence-electron chi connectivity index (χ0n) is 15.3. The highest BCUT2D eigenvalue weighted by molar-refractivity contribution is 9.10. The Kier molecular flexibility index (Phi) is 5.23. The first kappa shape index (κ1) is 19.3. The van der Waals surface area contributed by atoms with E-state index >= 15 is 0 Å². The molecule has 0 saturated carbocycles. The molecule has 1 aliphatic rings. The molecule has 1 aliphatic heterocycles. The van der Waals surface area contributed by atoms with Crippen molar-refractivity contribution in [3.05, 3.63) is 45.6 Å². The zero-order valence-corrected chi connectivity index (χ0v) is 16.9. The van der Waals surface area contributed by atoms with Crippen molar-refractivity contribution in [1.29, 1.82) is 0 Å². The van der Waals surface area contributed by atoms with E-state index in [2.05, 4.69) is 31.4 Å². The van der Waals surface area contributed by atoms with Gasteiger partial charge in [0.25, 0.3) is 0 Å². The molecule has 3 rings (SSSR count). The Labute approximate surface area is 165 Å². The van der Waals surface area contributed by atoms with E-state index in [1.54, 1.807) is 0 Å². The lowest BCUT2D eigenvalue weighted by molar-refractivity contribution is 0.0894. The maximum atomic E-state index is 12.6. The predicted molar refractivity (Wildman–Crippen MR) is 100 cm³/mol. The second-order valence-electron chi connectivity index (χ2n) is 7.52. The van der Waals surface area contributed by atoms with E-state index in [1.165, 1.54) is 4.90 Å². The van der Waals surface area contributed by atoms with Crippen molar-refractivity contribution in [2.45, 2.75) is 45.2 Å². The number of amides is 2. The van der Waals surface area contributed by atoms with Crippen LogP contribution in [0.2, 0.25) is 0 Å². The van der Waals surface area contributed by atoms with E-state index in [4.69, 9.17) is 4.42 Å². The fourth-order valence-corrected chi connectivity index (χ4v) is 3.34. The summed E-state index contributed by atoms with van der Waals surface area (Å²) in [5.74, 6) is -0.187. The Morgan fingerprint density at radius 1 is 1.33 bits per heavy atom. The van der Waals surface area contributed by atoms with Crippen LogP contribution in [0.25, 0.3) is 0 Å². The zero-order chi connectivity index (χ0) is 19.8. The smallest absolute Gasteiger partial charge is 0.407 e. The molecule has 2 heterocycles. The van der Waals surface area contributed by atoms with Crippen LogP contribution in [0.5, 0.6) is 0 Å². The lowest BCUT2D eigenvalue weighted by Gasteiger charge is -2.18. The van der Waals surface area contributed by atoms with Crippen molar-refractivity contribution in [2.24, 2.45) is 0 Å². The SMILES string of the molecule is CC(C)(C)c1nnc(C(=O)N[C@@H]2CCN(C(=O)O)Cc3cc(Br)ccc32)o1. The second kappa shape index (κ2) is 7.30. The van der Waals surface area contributed by atoms with Crippen molar-refractivity contribution in [2.75, 3.05) is 6.54 Å². The molecular formula is C18H21BrN4O4. The van der Waals surface area contributed by atoms with Gasteiger partial charge in [-0.3, -0.25) is 4.79 Å². The molecule has 9 heteroatoms. The highest BCUT2D eigenvalue weighted by Crippen LogP contribution is 2.29. The lowest BCUT2D eigenvalue weighted by Crippen LogP contribution is -2.32. The Morgan fingerprint density at radius 2 is 2.07 bits per heavy atom. The minimum absolute atomic E-state index is 0.0991. The summed E-state index contributed by atoms with van der Waals surface area (Å²) in [6, 6.07) is 5.29. The van der Waals surface area contributed by atoms with Gasteiger partial charge < -0.3 is 19.7 Å². The van der Waals surface area contributed by atoms with Crippen molar-refractivity contribution in [1.82, 2.24) is 20.4 Å². The standard InChI is InChI=1S/C18H21BrN4O4/c1-18(2,3)16-22-21-15(27-16)14(24)20-13-6-7-23(17(25)26)9-10-8-11(19)4-5-12(10)13/h4-5,8,13H,6-7,9H2,1-3H3,(H,20,24)(H,25,26)/t13-/m1/s1. The van der Waals surface area contributed by atoms with Gasteiger partial charge in [-0.1, -0.05) is 42.8 Å². The number of carboxylic acid groups (broad SMARTS) is 1. The molecule has 1 aromatic heterocycles. The van der Waals surface area contributed by atoms with Crippen molar-refractivity contribution in [3.8, 4) is 0 Å². The summed E-state index contributed by atoms with van der Waals surface area (Å²) in [6.45, 7) is 6.33. The number of fused-ring (bicyclic) bond motifs is 1. The molecule has 0 radical (unpaired) electrons. The van der Waals surface area contributed by atoms with Crippen LogP contribution in [0.4, 0.5) is 4.79 Å². The van der Waals surface area contributed by atoms with Crippen LogP contribution in [0.15, 0.2) is 27.1 Å². The van der Waals surface area contributed by atoms with Crippen molar-refractivity contribution in [3.63, 3.8) is 0 Å². The van der Waals surface area contributed by atoms with Crippen molar-refractivity contribution < 1.29 is 19.1 Å². The average molecular weight is 437 g/mol. The molecule has 0 aliphatic carbocycles. The molecule has 2 N–H and O–H groups in total. The number of benzene rings is 1. The summed E-state index contributed by atoms with van der Waals surface area (Å²) >= 11 is 3.42. The molecule has 2 aromatic rings. The molecule has 0 unspecified atom stereocenters. The number of nitrogens with zero attached hydrogens (tertiary/aromatic N) is 3. The minimum Gasteiger partial charge on any atom is -0.465 e. The van der Waals surface area contributed by atoms with Gasteiger partial charge in [-0.05, 0) is 29.7 Å². The fourth-order valence-electron chi connectivity index (χ4n) is 2.93. The summed E-state index contributed by atoms with van der Waals surface area (Å²) in [7, 11) is 0. The molecule has 27 heavy (non-hydrogen) atoms. The van der Waals surface area contributed by atoms with E-state index in [-0.39, 0.29) is 23.9 Å². The molecular weight excluding hydrogens is 416 g/mol. The molecule has 2 amide bonds. The maximum Gasteiger partial charge on any atom is 0.407 e. The van der Waals surface area contributed by atoms with Crippen LogP contribution in [0, 0.1) is 0 Å². The summed E-state index contributed by atoms with van der Waals surface area (Å²) in [6.07, 6.45) is -0.535. The van der Waals surface area contributed by atoms with E-state index in [9.17, 15) is 14.7 Å². The first-order valence-electron chi connectivity index (χ1n) is 8.56. The van der Waals surface area contributed by atoms with Gasteiger partial charge in [0, 0.05) is 23.0 Å². The van der Waals surface area contributed by atoms with E-state index in [0.29, 0.717) is 18.9 Å². The average Bonchev–Trinajstić information content (AvgIpc) is 3.01. The minimum atomic E-state index is -0.986. The van der Waals surface area contributed by atoms with Crippen LogP contribution in [0.3, 0.4) is 0 Å². The van der Waals surface area contributed by atoms with Gasteiger partial charge in [-0.25, -0.2) is 4.79 Å². The quantitative estimate of drug-likeness (QED) is 0.745. The van der Waals surface area contributed by atoms with Gasteiger partial charge >= 0.3 is 17.9 Å². The monoisotopic (exact) mass is 436 g/mol. The predicted octanol–water partition coefficient (Wildman–Crippen LogP) is 3.48. The summed E-state index contributed by atoms with van der Waals surface area (Å²) in [5, 5.41) is 20.1. The fraction of sp³-hybridized carbons (Fsp3) is 0.444. The molecule has 144 valence electrons. The highest BCUT2D eigenvalue weighted by Gasteiger charge is 2.29. The number of nitrogens with one attached hydrogen (secondary N) is 1. The van der Waals surface area contributed by atoms with Gasteiger partial charge in [0.2, 0.25) is 5.89 Å². The van der Waals surface area contributed by atoms with Crippen LogP contribution >= 0.6 is 15.9 Å². The van der Waals surface area contributed by atoms with Crippen molar-refractivity contribution >= 4 is 27.9 Å². The number of hydrogen-bond donors (Lipinski definition) is 2. The van der Waals surface area contributed by atoms with E-state index < -0.39 is 12.0 Å². The summed E-state index contributed by atoms with van der Waals surface area (Å²) in [4.78, 5) is 25.4. The summed E-state index contributed by atoms with van der Waals surface area (Å²) in [5.41, 5.74) is 1.37. The third kappa shape index (κ3) is 4.29. The maximum absolute atomic E-state index is 12.6. The Hall–Kier alpha value is -2.42. The molecule has 0 saturated heterocycles. The highest BCUT2D eigenvalue weighted by atomic mass is 79.9. The number of carbonyl (C=O) groups excluding carboxylic acids is 1. The third-order valence-corrected chi connectivity index (χ3v) is 4.86. The number of carbonyl (C=O) groups is 2. The first-order valence-corrected chi connectivity index (χ1v) is 9.35. The summed E-state index contributed by atoms with van der Waals surface area (Å²) < 4.78 is 6.35. The number of aromatic nitrogens is 2. The first-order chi connectivity index (χ1) is 12.6. The van der Waals surface area contributed by atoms with Gasteiger partial charge in [-0.15, -0.1) is 10.2 Å². The molecule has 1 atom stereocenters. The topological polar surface area (TPSA) is 109 Å². The Balaban J connectivity index is 1.85. The lowest BCUT2D eigenvalue weighted by atomic mass is 9.97. The molecule has 0 spiro atoms. The Bertz CT molecular complexity index is 874.